The fraction of sp³-hybridized carbons (Fsp3) is 0.0833. The summed E-state index contributed by atoms with van der Waals surface area (Å²) >= 11 is 5.68. The van der Waals surface area contributed by atoms with E-state index in [2.05, 4.69) is 10.3 Å². The summed E-state index contributed by atoms with van der Waals surface area (Å²) < 4.78 is 13.0. The zero-order valence-corrected chi connectivity index (χ0v) is 9.92. The van der Waals surface area contributed by atoms with E-state index in [4.69, 9.17) is 17.3 Å². The Morgan fingerprint density at radius 3 is 2.76 bits per heavy atom. The van der Waals surface area contributed by atoms with Gasteiger partial charge in [0.05, 0.1) is 10.7 Å². The highest BCUT2D eigenvalue weighted by molar-refractivity contribution is 6.31. The monoisotopic (exact) mass is 251 g/mol. The van der Waals surface area contributed by atoms with Crippen molar-refractivity contribution in [1.29, 1.82) is 0 Å². The van der Waals surface area contributed by atoms with Crippen LogP contribution < -0.4 is 11.1 Å². The van der Waals surface area contributed by atoms with Crippen molar-refractivity contribution in [2.75, 3.05) is 11.1 Å². The third kappa shape index (κ3) is 2.65. The normalized spacial score (nSPS) is 10.3. The van der Waals surface area contributed by atoms with Crippen LogP contribution in [0.1, 0.15) is 5.69 Å². The molecule has 0 saturated carbocycles. The summed E-state index contributed by atoms with van der Waals surface area (Å²) in [6.07, 6.45) is 0. The van der Waals surface area contributed by atoms with Crippen LogP contribution in [0.25, 0.3) is 0 Å². The molecule has 0 radical (unpaired) electrons. The second-order valence-corrected chi connectivity index (χ2v) is 4.05. The zero-order chi connectivity index (χ0) is 12.4. The molecule has 0 spiro atoms. The SMILES string of the molecule is Cc1ccc(N)c(Nc2ccc(F)c(Cl)c2)n1. The van der Waals surface area contributed by atoms with E-state index < -0.39 is 5.82 Å². The van der Waals surface area contributed by atoms with Crippen LogP contribution in [0, 0.1) is 12.7 Å². The molecule has 3 N–H and O–H groups in total. The maximum atomic E-state index is 13.0. The minimum absolute atomic E-state index is 0.0567. The molecule has 5 heteroatoms. The first-order chi connectivity index (χ1) is 8.06. The van der Waals surface area contributed by atoms with E-state index in [1.54, 1.807) is 12.1 Å². The number of rotatable bonds is 2. The van der Waals surface area contributed by atoms with Crippen LogP contribution in [0.5, 0.6) is 0 Å². The molecule has 0 aliphatic heterocycles. The molecule has 0 bridgehead atoms. The standard InChI is InChI=1S/C12H11ClFN3/c1-7-2-5-11(15)12(16-7)17-8-3-4-10(14)9(13)6-8/h2-6H,15H2,1H3,(H,16,17). The quantitative estimate of drug-likeness (QED) is 0.859. The topological polar surface area (TPSA) is 50.9 Å². The number of aromatic nitrogens is 1. The second-order valence-electron chi connectivity index (χ2n) is 3.64. The fourth-order valence-corrected chi connectivity index (χ4v) is 1.56. The number of benzene rings is 1. The first-order valence-electron chi connectivity index (χ1n) is 5.01. The van der Waals surface area contributed by atoms with Gasteiger partial charge in [-0.1, -0.05) is 11.6 Å². The predicted molar refractivity (Wildman–Crippen MR) is 68.1 cm³/mol. The smallest absolute Gasteiger partial charge is 0.153 e. The minimum Gasteiger partial charge on any atom is -0.396 e. The third-order valence-corrected chi connectivity index (χ3v) is 2.54. The van der Waals surface area contributed by atoms with Crippen molar-refractivity contribution in [2.45, 2.75) is 6.92 Å². The highest BCUT2D eigenvalue weighted by atomic mass is 35.5. The Bertz CT molecular complexity index is 557. The molecule has 0 atom stereocenters. The van der Waals surface area contributed by atoms with Gasteiger partial charge >= 0.3 is 0 Å². The van der Waals surface area contributed by atoms with Gasteiger partial charge in [0.2, 0.25) is 0 Å². The molecule has 1 heterocycles. The average Bonchev–Trinajstić information content (AvgIpc) is 2.29. The fourth-order valence-electron chi connectivity index (χ4n) is 1.38. The van der Waals surface area contributed by atoms with Gasteiger partial charge in [0.1, 0.15) is 5.82 Å². The lowest BCUT2D eigenvalue weighted by molar-refractivity contribution is 0.628. The Morgan fingerprint density at radius 2 is 2.06 bits per heavy atom. The van der Waals surface area contributed by atoms with E-state index in [0.29, 0.717) is 17.2 Å². The van der Waals surface area contributed by atoms with E-state index in [-0.39, 0.29) is 5.02 Å². The van der Waals surface area contributed by atoms with Crippen molar-refractivity contribution < 1.29 is 4.39 Å². The van der Waals surface area contributed by atoms with Crippen LogP contribution >= 0.6 is 11.6 Å². The third-order valence-electron chi connectivity index (χ3n) is 2.25. The van der Waals surface area contributed by atoms with Crippen LogP contribution in [0.3, 0.4) is 0 Å². The van der Waals surface area contributed by atoms with Gasteiger partial charge in [-0.3, -0.25) is 0 Å². The molecule has 0 unspecified atom stereocenters. The summed E-state index contributed by atoms with van der Waals surface area (Å²) in [5, 5.41) is 3.05. The van der Waals surface area contributed by atoms with Crippen LogP contribution in [0.2, 0.25) is 5.02 Å². The van der Waals surface area contributed by atoms with Crippen molar-refractivity contribution in [3.63, 3.8) is 0 Å². The van der Waals surface area contributed by atoms with Gasteiger partial charge in [0, 0.05) is 11.4 Å². The summed E-state index contributed by atoms with van der Waals surface area (Å²) in [7, 11) is 0. The summed E-state index contributed by atoms with van der Waals surface area (Å²) in [5.41, 5.74) is 7.78. The van der Waals surface area contributed by atoms with Crippen LogP contribution in [0.15, 0.2) is 30.3 Å². The Kier molecular flexibility index (Phi) is 3.15. The molecule has 17 heavy (non-hydrogen) atoms. The Balaban J connectivity index is 2.31. The van der Waals surface area contributed by atoms with Crippen molar-refractivity contribution in [2.24, 2.45) is 0 Å². The number of nitrogens with one attached hydrogen (secondary N) is 1. The molecule has 0 aliphatic carbocycles. The molecular weight excluding hydrogens is 241 g/mol. The molecule has 88 valence electrons. The summed E-state index contributed by atoms with van der Waals surface area (Å²) in [6, 6.07) is 7.93. The number of nitrogens with two attached hydrogens (primary N) is 1. The van der Waals surface area contributed by atoms with Crippen molar-refractivity contribution in [3.05, 3.63) is 46.9 Å². The summed E-state index contributed by atoms with van der Waals surface area (Å²) in [4.78, 5) is 4.25. The molecular formula is C12H11ClFN3. The number of hydrogen-bond acceptors (Lipinski definition) is 3. The molecule has 0 amide bonds. The van der Waals surface area contributed by atoms with Gasteiger partial charge in [0.25, 0.3) is 0 Å². The molecule has 1 aromatic carbocycles. The molecule has 3 nitrogen and oxygen atoms in total. The number of pyridine rings is 1. The number of aryl methyl sites for hydroxylation is 1. The van der Waals surface area contributed by atoms with Gasteiger partial charge in [-0.05, 0) is 37.3 Å². The van der Waals surface area contributed by atoms with Crippen LogP contribution in [-0.4, -0.2) is 4.98 Å². The van der Waals surface area contributed by atoms with E-state index in [1.807, 2.05) is 13.0 Å². The lowest BCUT2D eigenvalue weighted by atomic mass is 10.3. The Hall–Kier alpha value is -1.81. The first kappa shape index (κ1) is 11.7. The van der Waals surface area contributed by atoms with E-state index in [0.717, 1.165) is 5.69 Å². The predicted octanol–water partition coefficient (Wildman–Crippen LogP) is 3.51. The first-order valence-corrected chi connectivity index (χ1v) is 5.39. The molecule has 2 rings (SSSR count). The summed E-state index contributed by atoms with van der Waals surface area (Å²) in [5.74, 6) is 0.0788. The zero-order valence-electron chi connectivity index (χ0n) is 9.17. The van der Waals surface area contributed by atoms with E-state index in [9.17, 15) is 4.39 Å². The maximum Gasteiger partial charge on any atom is 0.153 e. The lowest BCUT2D eigenvalue weighted by Gasteiger charge is -2.09. The largest absolute Gasteiger partial charge is 0.396 e. The number of halogens is 2. The summed E-state index contributed by atoms with van der Waals surface area (Å²) in [6.45, 7) is 1.86. The van der Waals surface area contributed by atoms with Gasteiger partial charge in [-0.25, -0.2) is 9.37 Å². The van der Waals surface area contributed by atoms with Crippen LogP contribution in [0.4, 0.5) is 21.6 Å². The van der Waals surface area contributed by atoms with Gasteiger partial charge in [-0.2, -0.15) is 0 Å². The lowest BCUT2D eigenvalue weighted by Crippen LogP contribution is -2.00. The van der Waals surface area contributed by atoms with Crippen molar-refractivity contribution in [1.82, 2.24) is 4.98 Å². The van der Waals surface area contributed by atoms with E-state index in [1.165, 1.54) is 12.1 Å². The van der Waals surface area contributed by atoms with Gasteiger partial charge < -0.3 is 11.1 Å². The molecule has 2 aromatic rings. The maximum absolute atomic E-state index is 13.0. The van der Waals surface area contributed by atoms with E-state index >= 15 is 0 Å². The average molecular weight is 252 g/mol. The van der Waals surface area contributed by atoms with Crippen molar-refractivity contribution >= 4 is 28.8 Å². The van der Waals surface area contributed by atoms with Crippen molar-refractivity contribution in [3.8, 4) is 0 Å². The second kappa shape index (κ2) is 4.59. The molecule has 0 fully saturated rings. The highest BCUT2D eigenvalue weighted by Crippen LogP contribution is 2.24. The molecule has 1 aromatic heterocycles. The number of anilines is 3. The molecule has 0 saturated heterocycles. The Labute approximate surface area is 103 Å². The number of nitrogens with zero attached hydrogens (tertiary/aromatic N) is 1. The van der Waals surface area contributed by atoms with Crippen LogP contribution in [-0.2, 0) is 0 Å². The Morgan fingerprint density at radius 1 is 1.29 bits per heavy atom. The van der Waals surface area contributed by atoms with Gasteiger partial charge in [0.15, 0.2) is 5.82 Å². The number of hydrogen-bond donors (Lipinski definition) is 2. The minimum atomic E-state index is -0.456. The van der Waals surface area contributed by atoms with Gasteiger partial charge in [-0.15, -0.1) is 0 Å². The highest BCUT2D eigenvalue weighted by Gasteiger charge is 2.04. The number of nitrogen functional groups attached to an aromatic ring is 1. The molecule has 0 aliphatic rings.